The van der Waals surface area contributed by atoms with E-state index in [4.69, 9.17) is 0 Å². The van der Waals surface area contributed by atoms with Crippen molar-refractivity contribution in [1.82, 2.24) is 5.32 Å². The van der Waals surface area contributed by atoms with Gasteiger partial charge in [-0.3, -0.25) is 0 Å². The quantitative estimate of drug-likeness (QED) is 0.776. The zero-order chi connectivity index (χ0) is 13.0. The van der Waals surface area contributed by atoms with Gasteiger partial charge in [0.25, 0.3) is 0 Å². The van der Waals surface area contributed by atoms with Gasteiger partial charge in [-0.2, -0.15) is 0 Å². The molecule has 0 aliphatic rings. The lowest BCUT2D eigenvalue weighted by molar-refractivity contribution is 0.621. The second-order valence-electron chi connectivity index (χ2n) is 4.07. The summed E-state index contributed by atoms with van der Waals surface area (Å²) >= 11 is 4.96. The monoisotopic (exact) mass is 327 g/mol. The van der Waals surface area contributed by atoms with E-state index in [-0.39, 0.29) is 5.82 Å². The summed E-state index contributed by atoms with van der Waals surface area (Å²) in [5, 5.41) is 3.38. The Labute approximate surface area is 119 Å². The summed E-state index contributed by atoms with van der Waals surface area (Å²) in [6.45, 7) is 4.10. The number of thiophene rings is 1. The van der Waals surface area contributed by atoms with Crippen LogP contribution in [0, 0.1) is 5.82 Å². The largest absolute Gasteiger partial charge is 0.312 e. The second kappa shape index (κ2) is 6.45. The first-order valence-corrected chi connectivity index (χ1v) is 7.56. The molecule has 0 fully saturated rings. The molecule has 96 valence electrons. The summed E-state index contributed by atoms with van der Waals surface area (Å²) < 4.78 is 13.7. The fraction of sp³-hybridized carbons (Fsp3) is 0.286. The van der Waals surface area contributed by atoms with Crippen molar-refractivity contribution in [2.45, 2.75) is 19.9 Å². The molecule has 0 saturated carbocycles. The highest BCUT2D eigenvalue weighted by Crippen LogP contribution is 2.30. The topological polar surface area (TPSA) is 12.0 Å². The van der Waals surface area contributed by atoms with Crippen molar-refractivity contribution in [3.05, 3.63) is 45.5 Å². The molecule has 18 heavy (non-hydrogen) atoms. The van der Waals surface area contributed by atoms with Gasteiger partial charge in [-0.25, -0.2) is 4.39 Å². The van der Waals surface area contributed by atoms with Crippen LogP contribution in [0.25, 0.3) is 10.4 Å². The molecule has 4 heteroatoms. The Morgan fingerprint density at radius 3 is 2.83 bits per heavy atom. The Hall–Kier alpha value is -0.710. The maximum Gasteiger partial charge on any atom is 0.137 e. The minimum absolute atomic E-state index is 0.222. The van der Waals surface area contributed by atoms with Crippen LogP contribution < -0.4 is 5.32 Å². The summed E-state index contributed by atoms with van der Waals surface area (Å²) in [7, 11) is 0. The lowest BCUT2D eigenvalue weighted by Gasteiger charge is -2.00. The molecule has 1 nitrogen and oxygen atoms in total. The summed E-state index contributed by atoms with van der Waals surface area (Å²) in [4.78, 5) is 2.47. The maximum atomic E-state index is 13.2. The standard InChI is InChI=1S/C14H15BrFNS/c1-2-7-17-9-11-4-6-14(18-11)10-3-5-13(16)12(15)8-10/h3-6,8,17H,2,7,9H2,1H3. The van der Waals surface area contributed by atoms with Crippen LogP contribution in [0.15, 0.2) is 34.8 Å². The molecule has 1 N–H and O–H groups in total. The Balaban J connectivity index is 2.11. The Morgan fingerprint density at radius 2 is 2.11 bits per heavy atom. The zero-order valence-electron chi connectivity index (χ0n) is 10.2. The molecule has 0 unspecified atom stereocenters. The molecule has 2 aromatic rings. The minimum atomic E-state index is -0.222. The van der Waals surface area contributed by atoms with Crippen LogP contribution in [0.4, 0.5) is 4.39 Å². The number of halogens is 2. The predicted molar refractivity (Wildman–Crippen MR) is 79.4 cm³/mol. The number of hydrogen-bond donors (Lipinski definition) is 1. The lowest BCUT2D eigenvalue weighted by Crippen LogP contribution is -2.12. The van der Waals surface area contributed by atoms with Crippen molar-refractivity contribution in [2.24, 2.45) is 0 Å². The number of hydrogen-bond acceptors (Lipinski definition) is 2. The normalized spacial score (nSPS) is 10.8. The molecular formula is C14H15BrFNS. The van der Waals surface area contributed by atoms with Gasteiger partial charge in [0.1, 0.15) is 5.82 Å². The Morgan fingerprint density at radius 1 is 1.28 bits per heavy atom. The first kappa shape index (κ1) is 13.7. The third-order valence-corrected chi connectivity index (χ3v) is 4.33. The molecule has 2 rings (SSSR count). The van der Waals surface area contributed by atoms with Crippen molar-refractivity contribution >= 4 is 27.3 Å². The van der Waals surface area contributed by atoms with Gasteiger partial charge in [-0.05, 0) is 58.7 Å². The van der Waals surface area contributed by atoms with Crippen LogP contribution in [0.1, 0.15) is 18.2 Å². The smallest absolute Gasteiger partial charge is 0.137 e. The van der Waals surface area contributed by atoms with Crippen LogP contribution in [0.2, 0.25) is 0 Å². The van der Waals surface area contributed by atoms with E-state index in [2.05, 4.69) is 40.3 Å². The van der Waals surface area contributed by atoms with Crippen molar-refractivity contribution < 1.29 is 4.39 Å². The van der Waals surface area contributed by atoms with Gasteiger partial charge < -0.3 is 5.32 Å². The van der Waals surface area contributed by atoms with Gasteiger partial charge in [-0.15, -0.1) is 11.3 Å². The van der Waals surface area contributed by atoms with Crippen LogP contribution in [0.5, 0.6) is 0 Å². The number of rotatable bonds is 5. The summed E-state index contributed by atoms with van der Waals surface area (Å²) in [5.74, 6) is -0.222. The van der Waals surface area contributed by atoms with Gasteiger partial charge in [0.15, 0.2) is 0 Å². The molecule has 0 spiro atoms. The molecule has 0 aliphatic heterocycles. The summed E-state index contributed by atoms with van der Waals surface area (Å²) in [6, 6.07) is 9.35. The molecule has 0 amide bonds. The van der Waals surface area contributed by atoms with E-state index in [1.165, 1.54) is 15.8 Å². The molecule has 1 heterocycles. The molecular weight excluding hydrogens is 313 g/mol. The van der Waals surface area contributed by atoms with Crippen molar-refractivity contribution in [3.8, 4) is 10.4 Å². The molecule has 1 aromatic heterocycles. The Bertz CT molecular complexity index is 524. The maximum absolute atomic E-state index is 13.2. The molecule has 0 saturated heterocycles. The van der Waals surface area contributed by atoms with Crippen LogP contribution in [-0.4, -0.2) is 6.54 Å². The van der Waals surface area contributed by atoms with E-state index in [1.807, 2.05) is 12.1 Å². The fourth-order valence-corrected chi connectivity index (χ4v) is 3.02. The minimum Gasteiger partial charge on any atom is -0.312 e. The van der Waals surface area contributed by atoms with E-state index in [1.54, 1.807) is 11.3 Å². The average Bonchev–Trinajstić information content (AvgIpc) is 2.82. The third kappa shape index (κ3) is 3.40. The van der Waals surface area contributed by atoms with Gasteiger partial charge in [-0.1, -0.05) is 13.0 Å². The van der Waals surface area contributed by atoms with Gasteiger partial charge >= 0.3 is 0 Å². The SMILES string of the molecule is CCCNCc1ccc(-c2ccc(F)c(Br)c2)s1. The number of nitrogens with one attached hydrogen (secondary N) is 1. The fourth-order valence-electron chi connectivity index (χ4n) is 1.67. The third-order valence-electron chi connectivity index (χ3n) is 2.59. The first-order valence-electron chi connectivity index (χ1n) is 5.95. The molecule has 0 atom stereocenters. The molecule has 1 aromatic carbocycles. The highest BCUT2D eigenvalue weighted by molar-refractivity contribution is 9.10. The van der Waals surface area contributed by atoms with E-state index in [9.17, 15) is 4.39 Å². The lowest BCUT2D eigenvalue weighted by atomic mass is 10.2. The van der Waals surface area contributed by atoms with E-state index in [0.29, 0.717) is 4.47 Å². The summed E-state index contributed by atoms with van der Waals surface area (Å²) in [6.07, 6.45) is 1.14. The van der Waals surface area contributed by atoms with Crippen molar-refractivity contribution in [1.29, 1.82) is 0 Å². The summed E-state index contributed by atoms with van der Waals surface area (Å²) in [5.41, 5.74) is 1.05. The van der Waals surface area contributed by atoms with Crippen LogP contribution in [0.3, 0.4) is 0 Å². The molecule has 0 radical (unpaired) electrons. The zero-order valence-corrected chi connectivity index (χ0v) is 12.6. The van der Waals surface area contributed by atoms with Gasteiger partial charge in [0.05, 0.1) is 4.47 Å². The number of benzene rings is 1. The van der Waals surface area contributed by atoms with Gasteiger partial charge in [0, 0.05) is 16.3 Å². The van der Waals surface area contributed by atoms with Crippen molar-refractivity contribution in [2.75, 3.05) is 6.54 Å². The van der Waals surface area contributed by atoms with Crippen LogP contribution >= 0.6 is 27.3 Å². The highest BCUT2D eigenvalue weighted by atomic mass is 79.9. The first-order chi connectivity index (χ1) is 8.70. The predicted octanol–water partition coefficient (Wildman–Crippen LogP) is 4.82. The van der Waals surface area contributed by atoms with E-state index >= 15 is 0 Å². The van der Waals surface area contributed by atoms with E-state index < -0.39 is 0 Å². The van der Waals surface area contributed by atoms with E-state index in [0.717, 1.165) is 25.1 Å². The second-order valence-corrected chi connectivity index (χ2v) is 6.09. The van der Waals surface area contributed by atoms with Crippen LogP contribution in [-0.2, 0) is 6.54 Å². The molecule has 0 bridgehead atoms. The highest BCUT2D eigenvalue weighted by Gasteiger charge is 2.05. The Kier molecular flexibility index (Phi) is 4.92. The molecule has 0 aliphatic carbocycles. The van der Waals surface area contributed by atoms with Gasteiger partial charge in [0.2, 0.25) is 0 Å². The average molecular weight is 328 g/mol. The van der Waals surface area contributed by atoms with Crippen molar-refractivity contribution in [3.63, 3.8) is 0 Å².